The second-order valence-corrected chi connectivity index (χ2v) is 4.46. The van der Waals surface area contributed by atoms with Gasteiger partial charge in [0, 0.05) is 37.5 Å². The summed E-state index contributed by atoms with van der Waals surface area (Å²) in [5.41, 5.74) is 1.77. The van der Waals surface area contributed by atoms with Crippen molar-refractivity contribution >= 4 is 5.82 Å². The average molecular weight is 259 g/mol. The van der Waals surface area contributed by atoms with Crippen molar-refractivity contribution in [3.8, 4) is 0 Å². The van der Waals surface area contributed by atoms with Gasteiger partial charge in [0.05, 0.1) is 0 Å². The number of pyridine rings is 1. The molecular formula is C15H18FN3. The highest BCUT2D eigenvalue weighted by molar-refractivity contribution is 5.46. The van der Waals surface area contributed by atoms with Crippen LogP contribution in [0.5, 0.6) is 0 Å². The largest absolute Gasteiger partial charge is 0.355 e. The summed E-state index contributed by atoms with van der Waals surface area (Å²) in [6, 6.07) is 10.8. The van der Waals surface area contributed by atoms with Crippen molar-refractivity contribution in [3.05, 3.63) is 59.5 Å². The van der Waals surface area contributed by atoms with E-state index >= 15 is 0 Å². The Labute approximate surface area is 113 Å². The molecule has 0 saturated heterocycles. The van der Waals surface area contributed by atoms with Gasteiger partial charge in [0.25, 0.3) is 0 Å². The molecule has 0 aliphatic rings. The number of aromatic nitrogens is 1. The Morgan fingerprint density at radius 2 is 1.89 bits per heavy atom. The number of nitrogens with one attached hydrogen (secondary N) is 1. The van der Waals surface area contributed by atoms with Crippen LogP contribution in [0, 0.1) is 5.82 Å². The standard InChI is InChI=1S/C15H18FN3/c1-17-10-12-7-5-9-18-15(12)19(2)11-13-6-3-4-8-14(13)16/h3-9,17H,10-11H2,1-2H3. The molecule has 0 atom stereocenters. The summed E-state index contributed by atoms with van der Waals surface area (Å²) >= 11 is 0. The van der Waals surface area contributed by atoms with Gasteiger partial charge in [-0.1, -0.05) is 24.3 Å². The van der Waals surface area contributed by atoms with Crippen LogP contribution in [-0.2, 0) is 13.1 Å². The monoisotopic (exact) mass is 259 g/mol. The van der Waals surface area contributed by atoms with Gasteiger partial charge in [-0.25, -0.2) is 9.37 Å². The first kappa shape index (κ1) is 13.5. The van der Waals surface area contributed by atoms with E-state index in [9.17, 15) is 4.39 Å². The first-order chi connectivity index (χ1) is 9.22. The van der Waals surface area contributed by atoms with Crippen molar-refractivity contribution in [3.63, 3.8) is 0 Å². The molecule has 0 fully saturated rings. The van der Waals surface area contributed by atoms with Gasteiger partial charge in [-0.3, -0.25) is 0 Å². The third kappa shape index (κ3) is 3.29. The molecular weight excluding hydrogens is 241 g/mol. The molecule has 0 aliphatic heterocycles. The Bertz CT molecular complexity index is 542. The summed E-state index contributed by atoms with van der Waals surface area (Å²) in [6.07, 6.45) is 1.76. The highest BCUT2D eigenvalue weighted by Crippen LogP contribution is 2.18. The van der Waals surface area contributed by atoms with E-state index in [1.54, 1.807) is 18.3 Å². The van der Waals surface area contributed by atoms with Crippen LogP contribution >= 0.6 is 0 Å². The fourth-order valence-corrected chi connectivity index (χ4v) is 2.06. The van der Waals surface area contributed by atoms with E-state index in [1.165, 1.54) is 6.07 Å². The van der Waals surface area contributed by atoms with Crippen LogP contribution in [0.1, 0.15) is 11.1 Å². The predicted molar refractivity (Wildman–Crippen MR) is 75.5 cm³/mol. The Morgan fingerprint density at radius 3 is 2.63 bits per heavy atom. The van der Waals surface area contributed by atoms with Crippen LogP contribution < -0.4 is 10.2 Å². The van der Waals surface area contributed by atoms with Crippen LogP contribution in [-0.4, -0.2) is 19.1 Å². The summed E-state index contributed by atoms with van der Waals surface area (Å²) in [7, 11) is 3.82. The lowest BCUT2D eigenvalue weighted by Crippen LogP contribution is -2.21. The Hall–Kier alpha value is -1.94. The minimum absolute atomic E-state index is 0.180. The fraction of sp³-hybridized carbons (Fsp3) is 0.267. The maximum absolute atomic E-state index is 13.7. The molecule has 0 spiro atoms. The molecule has 3 nitrogen and oxygen atoms in total. The molecule has 0 radical (unpaired) electrons. The van der Waals surface area contributed by atoms with E-state index < -0.39 is 0 Å². The number of hydrogen-bond acceptors (Lipinski definition) is 3. The van der Waals surface area contributed by atoms with Crippen molar-refractivity contribution in [2.45, 2.75) is 13.1 Å². The smallest absolute Gasteiger partial charge is 0.133 e. The van der Waals surface area contributed by atoms with E-state index in [0.717, 1.165) is 17.9 Å². The summed E-state index contributed by atoms with van der Waals surface area (Å²) < 4.78 is 13.7. The first-order valence-electron chi connectivity index (χ1n) is 6.25. The lowest BCUT2D eigenvalue weighted by Gasteiger charge is -2.21. The Morgan fingerprint density at radius 1 is 1.16 bits per heavy atom. The van der Waals surface area contributed by atoms with Crippen molar-refractivity contribution in [1.29, 1.82) is 0 Å². The van der Waals surface area contributed by atoms with Gasteiger partial charge in [-0.2, -0.15) is 0 Å². The van der Waals surface area contributed by atoms with E-state index in [2.05, 4.69) is 10.3 Å². The van der Waals surface area contributed by atoms with E-state index in [4.69, 9.17) is 0 Å². The maximum atomic E-state index is 13.7. The van der Waals surface area contributed by atoms with Gasteiger partial charge < -0.3 is 10.2 Å². The van der Waals surface area contributed by atoms with Gasteiger partial charge >= 0.3 is 0 Å². The molecule has 1 heterocycles. The van der Waals surface area contributed by atoms with Crippen LogP contribution in [0.4, 0.5) is 10.2 Å². The van der Waals surface area contributed by atoms with E-state index in [1.807, 2.05) is 37.2 Å². The van der Waals surface area contributed by atoms with Crippen molar-refractivity contribution in [2.75, 3.05) is 19.0 Å². The van der Waals surface area contributed by atoms with Crippen LogP contribution in [0.15, 0.2) is 42.6 Å². The average Bonchev–Trinajstić information content (AvgIpc) is 2.42. The molecule has 100 valence electrons. The number of rotatable bonds is 5. The Balaban J connectivity index is 2.20. The Kier molecular flexibility index (Phi) is 4.47. The van der Waals surface area contributed by atoms with Crippen molar-refractivity contribution in [1.82, 2.24) is 10.3 Å². The van der Waals surface area contributed by atoms with Gasteiger partial charge in [0.2, 0.25) is 0 Å². The van der Waals surface area contributed by atoms with E-state index in [0.29, 0.717) is 12.1 Å². The fourth-order valence-electron chi connectivity index (χ4n) is 2.06. The van der Waals surface area contributed by atoms with Gasteiger partial charge in [-0.05, 0) is 19.2 Å². The van der Waals surface area contributed by atoms with E-state index in [-0.39, 0.29) is 5.82 Å². The highest BCUT2D eigenvalue weighted by Gasteiger charge is 2.10. The molecule has 0 saturated carbocycles. The summed E-state index contributed by atoms with van der Waals surface area (Å²) in [5.74, 6) is 0.695. The van der Waals surface area contributed by atoms with Gasteiger partial charge in [-0.15, -0.1) is 0 Å². The number of halogens is 1. The number of benzene rings is 1. The second kappa shape index (κ2) is 6.29. The topological polar surface area (TPSA) is 28.2 Å². The molecule has 0 amide bonds. The minimum Gasteiger partial charge on any atom is -0.355 e. The summed E-state index contributed by atoms with van der Waals surface area (Å²) in [5, 5.41) is 3.11. The zero-order chi connectivity index (χ0) is 13.7. The molecule has 1 aromatic heterocycles. The molecule has 2 aromatic rings. The zero-order valence-corrected chi connectivity index (χ0v) is 11.2. The number of hydrogen-bond donors (Lipinski definition) is 1. The molecule has 4 heteroatoms. The lowest BCUT2D eigenvalue weighted by molar-refractivity contribution is 0.607. The number of anilines is 1. The molecule has 0 bridgehead atoms. The molecule has 19 heavy (non-hydrogen) atoms. The third-order valence-corrected chi connectivity index (χ3v) is 2.96. The SMILES string of the molecule is CNCc1cccnc1N(C)Cc1ccccc1F. The molecule has 1 N–H and O–H groups in total. The number of nitrogens with zero attached hydrogens (tertiary/aromatic N) is 2. The quantitative estimate of drug-likeness (QED) is 0.894. The summed E-state index contributed by atoms with van der Waals surface area (Å²) in [4.78, 5) is 6.35. The minimum atomic E-state index is -0.180. The van der Waals surface area contributed by atoms with Crippen molar-refractivity contribution in [2.24, 2.45) is 0 Å². The molecule has 2 rings (SSSR count). The second-order valence-electron chi connectivity index (χ2n) is 4.46. The van der Waals surface area contributed by atoms with Gasteiger partial charge in [0.15, 0.2) is 0 Å². The normalized spacial score (nSPS) is 10.5. The first-order valence-corrected chi connectivity index (χ1v) is 6.25. The molecule has 0 unspecified atom stereocenters. The molecule has 0 aliphatic carbocycles. The highest BCUT2D eigenvalue weighted by atomic mass is 19.1. The predicted octanol–water partition coefficient (Wildman–Crippen LogP) is 2.58. The van der Waals surface area contributed by atoms with Gasteiger partial charge in [0.1, 0.15) is 11.6 Å². The molecule has 1 aromatic carbocycles. The lowest BCUT2D eigenvalue weighted by atomic mass is 10.2. The third-order valence-electron chi connectivity index (χ3n) is 2.96. The summed E-state index contributed by atoms with van der Waals surface area (Å²) in [6.45, 7) is 1.24. The maximum Gasteiger partial charge on any atom is 0.133 e. The van der Waals surface area contributed by atoms with Crippen LogP contribution in [0.25, 0.3) is 0 Å². The zero-order valence-electron chi connectivity index (χ0n) is 11.2. The van der Waals surface area contributed by atoms with Crippen molar-refractivity contribution < 1.29 is 4.39 Å². The van der Waals surface area contributed by atoms with Crippen LogP contribution in [0.2, 0.25) is 0 Å². The van der Waals surface area contributed by atoms with Crippen LogP contribution in [0.3, 0.4) is 0 Å².